The van der Waals surface area contributed by atoms with Gasteiger partial charge < -0.3 is 15.4 Å². The first-order valence-corrected chi connectivity index (χ1v) is 5.68. The number of hydrogen-bond donors (Lipinski definition) is 2. The van der Waals surface area contributed by atoms with Gasteiger partial charge in [-0.05, 0) is 12.1 Å². The fraction of sp³-hybridized carbons (Fsp3) is 0.417. The molecule has 0 spiro atoms. The van der Waals surface area contributed by atoms with Gasteiger partial charge in [0.05, 0.1) is 6.61 Å². The van der Waals surface area contributed by atoms with Crippen molar-refractivity contribution >= 4 is 18.3 Å². The first-order chi connectivity index (χ1) is 9.06. The monoisotopic (exact) mass is 312 g/mol. The number of nitrogens with one attached hydrogen (secondary N) is 2. The summed E-state index contributed by atoms with van der Waals surface area (Å²) in [7, 11) is 1.57. The smallest absolute Gasteiger partial charge is 0.251 e. The molecule has 0 saturated heterocycles. The molecule has 4 nitrogen and oxygen atoms in total. The van der Waals surface area contributed by atoms with Crippen molar-refractivity contribution in [2.45, 2.75) is 0 Å². The molecule has 1 rings (SSSR count). The van der Waals surface area contributed by atoms with Crippen LogP contribution in [0.25, 0.3) is 0 Å². The number of ether oxygens (including phenoxy) is 1. The third kappa shape index (κ3) is 5.77. The van der Waals surface area contributed by atoms with Crippen LogP contribution < -0.4 is 10.6 Å². The van der Waals surface area contributed by atoms with Gasteiger partial charge in [-0.25, -0.2) is 13.2 Å². The Morgan fingerprint density at radius 1 is 1.15 bits per heavy atom. The summed E-state index contributed by atoms with van der Waals surface area (Å²) in [5.41, 5.74) is -0.256. The van der Waals surface area contributed by atoms with Crippen molar-refractivity contribution in [2.24, 2.45) is 0 Å². The molecule has 0 aromatic heterocycles. The largest absolute Gasteiger partial charge is 0.383 e. The maximum atomic E-state index is 12.9. The number of halogens is 4. The average Bonchev–Trinajstić information content (AvgIpc) is 2.39. The van der Waals surface area contributed by atoms with Gasteiger partial charge in [0.2, 0.25) is 0 Å². The van der Waals surface area contributed by atoms with Crippen LogP contribution in [0.2, 0.25) is 0 Å². The molecule has 20 heavy (non-hydrogen) atoms. The van der Waals surface area contributed by atoms with Crippen LogP contribution in [0.5, 0.6) is 0 Å². The van der Waals surface area contributed by atoms with Crippen LogP contribution in [-0.4, -0.2) is 39.3 Å². The third-order valence-corrected chi connectivity index (χ3v) is 2.32. The van der Waals surface area contributed by atoms with Gasteiger partial charge in [-0.3, -0.25) is 4.79 Å². The Morgan fingerprint density at radius 2 is 1.75 bits per heavy atom. The summed E-state index contributed by atoms with van der Waals surface area (Å²) in [6.45, 7) is 1.94. The van der Waals surface area contributed by atoms with E-state index in [2.05, 4.69) is 10.6 Å². The molecule has 0 atom stereocenters. The van der Waals surface area contributed by atoms with Crippen molar-refractivity contribution in [3.63, 3.8) is 0 Å². The number of rotatable bonds is 7. The standard InChI is InChI=1S/C12H15F3N2O2.ClH/c1-19-5-4-16-2-3-17-12(18)8-6-9(13)11(15)10(14)7-8;/h6-7,16H,2-5H2,1H3,(H,17,18);1H. The summed E-state index contributed by atoms with van der Waals surface area (Å²) in [5.74, 6) is -5.02. The number of methoxy groups -OCH3 is 1. The number of amides is 1. The highest BCUT2D eigenvalue weighted by molar-refractivity contribution is 5.94. The molecule has 0 aliphatic heterocycles. The van der Waals surface area contributed by atoms with E-state index in [0.717, 1.165) is 0 Å². The molecule has 0 bridgehead atoms. The molecule has 8 heteroatoms. The van der Waals surface area contributed by atoms with Gasteiger partial charge in [-0.15, -0.1) is 12.4 Å². The summed E-state index contributed by atoms with van der Waals surface area (Å²) in [4.78, 5) is 11.5. The predicted molar refractivity (Wildman–Crippen MR) is 70.6 cm³/mol. The van der Waals surface area contributed by atoms with Gasteiger partial charge in [0.25, 0.3) is 5.91 Å². The lowest BCUT2D eigenvalue weighted by molar-refractivity contribution is 0.0952. The van der Waals surface area contributed by atoms with Gasteiger partial charge >= 0.3 is 0 Å². The van der Waals surface area contributed by atoms with E-state index in [1.165, 1.54) is 0 Å². The second-order valence-corrected chi connectivity index (χ2v) is 3.75. The summed E-state index contributed by atoms with van der Waals surface area (Å²) in [5, 5.41) is 5.43. The summed E-state index contributed by atoms with van der Waals surface area (Å²) < 4.78 is 43.3. The molecule has 0 fully saturated rings. The Balaban J connectivity index is 0.00000361. The lowest BCUT2D eigenvalue weighted by Crippen LogP contribution is -2.33. The van der Waals surface area contributed by atoms with Crippen molar-refractivity contribution in [3.05, 3.63) is 35.1 Å². The minimum absolute atomic E-state index is 0. The molecule has 1 aromatic carbocycles. The highest BCUT2D eigenvalue weighted by Gasteiger charge is 2.14. The molecule has 0 unspecified atom stereocenters. The van der Waals surface area contributed by atoms with Gasteiger partial charge in [-0.2, -0.15) is 0 Å². The predicted octanol–water partition coefficient (Wildman–Crippen LogP) is 1.49. The Hall–Kier alpha value is -1.31. The second-order valence-electron chi connectivity index (χ2n) is 3.75. The number of benzene rings is 1. The molecule has 0 aliphatic rings. The van der Waals surface area contributed by atoms with Crippen molar-refractivity contribution < 1.29 is 22.7 Å². The minimum atomic E-state index is -1.59. The van der Waals surface area contributed by atoms with Crippen molar-refractivity contribution in [3.8, 4) is 0 Å². The lowest BCUT2D eigenvalue weighted by Gasteiger charge is -2.07. The fourth-order valence-electron chi connectivity index (χ4n) is 1.35. The Labute approximate surface area is 121 Å². The average molecular weight is 313 g/mol. The topological polar surface area (TPSA) is 50.4 Å². The first kappa shape index (κ1) is 18.7. The van der Waals surface area contributed by atoms with Gasteiger partial charge in [0.15, 0.2) is 17.5 Å². The molecule has 0 aliphatic carbocycles. The summed E-state index contributed by atoms with van der Waals surface area (Å²) in [6.07, 6.45) is 0. The second kappa shape index (κ2) is 9.57. The van der Waals surface area contributed by atoms with E-state index >= 15 is 0 Å². The number of carbonyl (C=O) groups is 1. The molecule has 114 valence electrons. The number of hydrogen-bond acceptors (Lipinski definition) is 3. The molecule has 1 amide bonds. The molecule has 0 radical (unpaired) electrons. The van der Waals surface area contributed by atoms with E-state index in [-0.39, 0.29) is 24.5 Å². The Bertz CT molecular complexity index is 424. The summed E-state index contributed by atoms with van der Waals surface area (Å²) in [6, 6.07) is 1.32. The molecule has 0 saturated carbocycles. The summed E-state index contributed by atoms with van der Waals surface area (Å²) >= 11 is 0. The SMILES string of the molecule is COCCNCCNC(=O)c1cc(F)c(F)c(F)c1.Cl. The van der Waals surface area contributed by atoms with Crippen LogP contribution in [-0.2, 0) is 4.74 Å². The van der Waals surface area contributed by atoms with E-state index in [4.69, 9.17) is 4.74 Å². The van der Waals surface area contributed by atoms with E-state index in [0.29, 0.717) is 31.8 Å². The lowest BCUT2D eigenvalue weighted by atomic mass is 10.2. The zero-order valence-corrected chi connectivity index (χ0v) is 11.7. The molecule has 2 N–H and O–H groups in total. The number of carbonyl (C=O) groups excluding carboxylic acids is 1. The van der Waals surface area contributed by atoms with Crippen LogP contribution in [0.15, 0.2) is 12.1 Å². The van der Waals surface area contributed by atoms with Gasteiger partial charge in [0.1, 0.15) is 0 Å². The maximum Gasteiger partial charge on any atom is 0.251 e. The van der Waals surface area contributed by atoms with Gasteiger partial charge in [-0.1, -0.05) is 0 Å². The first-order valence-electron chi connectivity index (χ1n) is 5.68. The van der Waals surface area contributed by atoms with Crippen molar-refractivity contribution in [2.75, 3.05) is 33.4 Å². The zero-order chi connectivity index (χ0) is 14.3. The normalized spacial score (nSPS) is 10.0. The van der Waals surface area contributed by atoms with Crippen LogP contribution in [0, 0.1) is 17.5 Å². The third-order valence-electron chi connectivity index (χ3n) is 2.32. The van der Waals surface area contributed by atoms with E-state index in [1.54, 1.807) is 7.11 Å². The Morgan fingerprint density at radius 3 is 2.30 bits per heavy atom. The fourth-order valence-corrected chi connectivity index (χ4v) is 1.35. The molecule has 1 aromatic rings. The maximum absolute atomic E-state index is 12.9. The highest BCUT2D eigenvalue weighted by Crippen LogP contribution is 2.13. The zero-order valence-electron chi connectivity index (χ0n) is 10.8. The quantitative estimate of drug-likeness (QED) is 0.592. The molecular weight excluding hydrogens is 297 g/mol. The Kier molecular flexibility index (Phi) is 8.94. The van der Waals surface area contributed by atoms with Crippen molar-refractivity contribution in [1.29, 1.82) is 0 Å². The van der Waals surface area contributed by atoms with Gasteiger partial charge in [0, 0.05) is 32.3 Å². The minimum Gasteiger partial charge on any atom is -0.383 e. The van der Waals surface area contributed by atoms with Crippen LogP contribution in [0.1, 0.15) is 10.4 Å². The van der Waals surface area contributed by atoms with Crippen LogP contribution in [0.4, 0.5) is 13.2 Å². The van der Waals surface area contributed by atoms with E-state index < -0.39 is 23.4 Å². The van der Waals surface area contributed by atoms with E-state index in [1.807, 2.05) is 0 Å². The molecular formula is C12H16ClF3N2O2. The van der Waals surface area contributed by atoms with Crippen molar-refractivity contribution in [1.82, 2.24) is 10.6 Å². The van der Waals surface area contributed by atoms with Crippen LogP contribution >= 0.6 is 12.4 Å². The highest BCUT2D eigenvalue weighted by atomic mass is 35.5. The molecule has 0 heterocycles. The van der Waals surface area contributed by atoms with Crippen LogP contribution in [0.3, 0.4) is 0 Å². The van der Waals surface area contributed by atoms with E-state index in [9.17, 15) is 18.0 Å².